The van der Waals surface area contributed by atoms with E-state index in [1.807, 2.05) is 23.6 Å². The highest BCUT2D eigenvalue weighted by molar-refractivity contribution is 7.99. The molecule has 4 nitrogen and oxygen atoms in total. The van der Waals surface area contributed by atoms with E-state index in [-0.39, 0.29) is 0 Å². The molecule has 3 rings (SSSR count). The van der Waals surface area contributed by atoms with Gasteiger partial charge in [-0.3, -0.25) is 0 Å². The Hall–Kier alpha value is -1.92. The Balaban J connectivity index is 2.05. The number of primary amides is 1. The summed E-state index contributed by atoms with van der Waals surface area (Å²) in [6.45, 7) is 2.12. The van der Waals surface area contributed by atoms with E-state index in [2.05, 4.69) is 24.0 Å². The molecule has 1 amide bonds. The third-order valence-corrected chi connectivity index (χ3v) is 5.37. The van der Waals surface area contributed by atoms with Gasteiger partial charge in [-0.25, -0.2) is 4.79 Å². The number of rotatable bonds is 4. The zero-order valence-electron chi connectivity index (χ0n) is 11.4. The normalized spacial score (nSPS) is 10.9. The zero-order valence-corrected chi connectivity index (χ0v) is 13.0. The number of nitrogens with one attached hydrogen (secondary N) is 1. The lowest BCUT2D eigenvalue weighted by molar-refractivity contribution is 0.208. The van der Waals surface area contributed by atoms with Gasteiger partial charge in [-0.1, -0.05) is 36.9 Å². The van der Waals surface area contributed by atoms with E-state index < -0.39 is 6.09 Å². The Bertz CT molecular complexity index is 792. The summed E-state index contributed by atoms with van der Waals surface area (Å²) >= 11 is 3.20. The van der Waals surface area contributed by atoms with E-state index in [1.54, 1.807) is 23.1 Å². The minimum atomic E-state index is -0.811. The molecular formula is C15H14N2O2S2. The molecule has 0 saturated carbocycles. The van der Waals surface area contributed by atoms with Crippen LogP contribution < -0.4 is 10.5 Å². The van der Waals surface area contributed by atoms with Gasteiger partial charge in [0.1, 0.15) is 0 Å². The fourth-order valence-electron chi connectivity index (χ4n) is 2.14. The van der Waals surface area contributed by atoms with Crippen LogP contribution in [0.5, 0.6) is 5.88 Å². The van der Waals surface area contributed by atoms with Crippen LogP contribution in [0.25, 0.3) is 10.2 Å². The van der Waals surface area contributed by atoms with Gasteiger partial charge in [0.15, 0.2) is 0 Å². The van der Waals surface area contributed by atoms with Gasteiger partial charge in [0.25, 0.3) is 0 Å². The second-order valence-electron chi connectivity index (χ2n) is 4.43. The molecule has 0 atom stereocenters. The first kappa shape index (κ1) is 14.0. The van der Waals surface area contributed by atoms with Crippen molar-refractivity contribution in [1.82, 2.24) is 4.98 Å². The molecule has 0 saturated heterocycles. The number of aryl methyl sites for hydroxylation is 1. The molecule has 0 bridgehead atoms. The van der Waals surface area contributed by atoms with Gasteiger partial charge >= 0.3 is 6.09 Å². The second-order valence-corrected chi connectivity index (χ2v) is 6.40. The molecule has 0 fully saturated rings. The van der Waals surface area contributed by atoms with E-state index >= 15 is 0 Å². The molecule has 6 heteroatoms. The van der Waals surface area contributed by atoms with Crippen molar-refractivity contribution in [1.29, 1.82) is 0 Å². The van der Waals surface area contributed by atoms with Crippen LogP contribution in [0.4, 0.5) is 4.79 Å². The highest BCUT2D eigenvalue weighted by Gasteiger charge is 2.18. The van der Waals surface area contributed by atoms with Crippen molar-refractivity contribution in [2.75, 3.05) is 0 Å². The van der Waals surface area contributed by atoms with Gasteiger partial charge < -0.3 is 15.5 Å². The van der Waals surface area contributed by atoms with Crippen molar-refractivity contribution in [3.05, 3.63) is 41.3 Å². The molecule has 0 radical (unpaired) electrons. The number of H-pyrrole nitrogens is 1. The van der Waals surface area contributed by atoms with Crippen LogP contribution >= 0.6 is 23.1 Å². The summed E-state index contributed by atoms with van der Waals surface area (Å²) in [7, 11) is 0. The number of fused-ring (bicyclic) bond motifs is 1. The molecule has 21 heavy (non-hydrogen) atoms. The fourth-order valence-corrected chi connectivity index (χ4v) is 4.29. The third-order valence-electron chi connectivity index (χ3n) is 3.09. The van der Waals surface area contributed by atoms with Crippen molar-refractivity contribution in [3.8, 4) is 5.88 Å². The maximum Gasteiger partial charge on any atom is 0.411 e. The summed E-state index contributed by atoms with van der Waals surface area (Å²) in [4.78, 5) is 16.2. The smallest absolute Gasteiger partial charge is 0.392 e. The maximum absolute atomic E-state index is 11.1. The van der Waals surface area contributed by atoms with Gasteiger partial charge in [-0.15, -0.1) is 11.3 Å². The minimum Gasteiger partial charge on any atom is -0.392 e. The molecule has 0 aliphatic rings. The van der Waals surface area contributed by atoms with Crippen LogP contribution in [0.1, 0.15) is 12.5 Å². The molecule has 108 valence electrons. The number of ether oxygens (including phenoxy) is 1. The number of benzene rings is 1. The lowest BCUT2D eigenvalue weighted by atomic mass is 10.2. The van der Waals surface area contributed by atoms with E-state index in [0.717, 1.165) is 26.4 Å². The number of aromatic amines is 1. The summed E-state index contributed by atoms with van der Waals surface area (Å²) in [6, 6.07) is 10.2. The Labute approximate surface area is 130 Å². The second kappa shape index (κ2) is 5.83. The average Bonchev–Trinajstić information content (AvgIpc) is 3.02. The zero-order chi connectivity index (χ0) is 14.8. The lowest BCUT2D eigenvalue weighted by Crippen LogP contribution is -2.16. The summed E-state index contributed by atoms with van der Waals surface area (Å²) in [5.41, 5.74) is 7.36. The molecule has 3 aromatic rings. The van der Waals surface area contributed by atoms with Gasteiger partial charge in [0.05, 0.1) is 15.1 Å². The molecule has 2 aromatic heterocycles. The summed E-state index contributed by atoms with van der Waals surface area (Å²) in [5.74, 6) is 0.417. The van der Waals surface area contributed by atoms with Crippen molar-refractivity contribution >= 4 is 39.4 Å². The van der Waals surface area contributed by atoms with Crippen LogP contribution in [0.15, 0.2) is 45.5 Å². The molecule has 0 spiro atoms. The number of aromatic nitrogens is 1. The number of carbonyl (C=O) groups excluding carboxylic acids is 1. The first-order chi connectivity index (χ1) is 10.2. The predicted octanol–water partition coefficient (Wildman–Crippen LogP) is 4.40. The first-order valence-electron chi connectivity index (χ1n) is 6.51. The van der Waals surface area contributed by atoms with E-state index in [4.69, 9.17) is 10.5 Å². The molecule has 3 N–H and O–H groups in total. The Morgan fingerprint density at radius 1 is 1.38 bits per heavy atom. The maximum atomic E-state index is 11.1. The van der Waals surface area contributed by atoms with Crippen molar-refractivity contribution in [3.63, 3.8) is 0 Å². The standard InChI is InChI=1S/C15H14N2O2S2/c1-2-9-5-3-4-6-11(9)21-13-12-10(7-8-20-12)17-14(13)19-15(16)18/h3-8,17H,2H2,1H3,(H2,16,18). The van der Waals surface area contributed by atoms with Crippen molar-refractivity contribution < 1.29 is 9.53 Å². The molecule has 1 aromatic carbocycles. The highest BCUT2D eigenvalue weighted by atomic mass is 32.2. The van der Waals surface area contributed by atoms with E-state index in [1.165, 1.54) is 5.56 Å². The van der Waals surface area contributed by atoms with Crippen LogP contribution in [0.3, 0.4) is 0 Å². The van der Waals surface area contributed by atoms with E-state index in [0.29, 0.717) is 5.88 Å². The van der Waals surface area contributed by atoms with Crippen LogP contribution in [0, 0.1) is 0 Å². The van der Waals surface area contributed by atoms with Gasteiger partial charge in [0.2, 0.25) is 5.88 Å². The quantitative estimate of drug-likeness (QED) is 0.749. The number of carbonyl (C=O) groups is 1. The SMILES string of the molecule is CCc1ccccc1Sc1c(OC(N)=O)[nH]c2ccsc12. The molecule has 0 aliphatic heterocycles. The number of nitrogens with two attached hydrogens (primary N) is 1. The molecule has 0 aliphatic carbocycles. The third kappa shape index (κ3) is 2.77. The van der Waals surface area contributed by atoms with Gasteiger partial charge in [-0.05, 0) is 29.5 Å². The highest BCUT2D eigenvalue weighted by Crippen LogP contribution is 2.43. The fraction of sp³-hybridized carbons (Fsp3) is 0.133. The Morgan fingerprint density at radius 3 is 2.95 bits per heavy atom. The number of amides is 1. The largest absolute Gasteiger partial charge is 0.411 e. The Morgan fingerprint density at radius 2 is 2.19 bits per heavy atom. The molecule has 2 heterocycles. The topological polar surface area (TPSA) is 68.1 Å². The lowest BCUT2D eigenvalue weighted by Gasteiger charge is -2.07. The molecular weight excluding hydrogens is 304 g/mol. The van der Waals surface area contributed by atoms with Gasteiger partial charge in [0, 0.05) is 4.90 Å². The first-order valence-corrected chi connectivity index (χ1v) is 8.21. The van der Waals surface area contributed by atoms with Crippen LogP contribution in [-0.2, 0) is 6.42 Å². The average molecular weight is 318 g/mol. The molecule has 0 unspecified atom stereocenters. The van der Waals surface area contributed by atoms with Gasteiger partial charge in [-0.2, -0.15) is 0 Å². The van der Waals surface area contributed by atoms with E-state index in [9.17, 15) is 4.79 Å². The summed E-state index contributed by atoms with van der Waals surface area (Å²) < 4.78 is 6.17. The van der Waals surface area contributed by atoms with Crippen molar-refractivity contribution in [2.24, 2.45) is 5.73 Å². The number of hydrogen-bond acceptors (Lipinski definition) is 4. The summed E-state index contributed by atoms with van der Waals surface area (Å²) in [6.07, 6.45) is 0.141. The minimum absolute atomic E-state index is 0.417. The number of hydrogen-bond donors (Lipinski definition) is 2. The van der Waals surface area contributed by atoms with Crippen LogP contribution in [0.2, 0.25) is 0 Å². The predicted molar refractivity (Wildman–Crippen MR) is 86.3 cm³/mol. The number of thiophene rings is 1. The monoisotopic (exact) mass is 318 g/mol. The van der Waals surface area contributed by atoms with Crippen molar-refractivity contribution in [2.45, 2.75) is 23.1 Å². The summed E-state index contributed by atoms with van der Waals surface area (Å²) in [5, 5.41) is 2.00. The Kier molecular flexibility index (Phi) is 3.90. The van der Waals surface area contributed by atoms with Crippen LogP contribution in [-0.4, -0.2) is 11.1 Å².